The first-order chi connectivity index (χ1) is 9.04. The third-order valence-corrected chi connectivity index (χ3v) is 3.58. The van der Waals surface area contributed by atoms with Crippen LogP contribution in [0, 0.1) is 12.7 Å². The van der Waals surface area contributed by atoms with E-state index in [9.17, 15) is 4.39 Å². The van der Waals surface area contributed by atoms with Crippen LogP contribution in [-0.4, -0.2) is 9.55 Å². The number of hydrogen-bond donors (Lipinski definition) is 1. The van der Waals surface area contributed by atoms with Crippen molar-refractivity contribution in [3.63, 3.8) is 0 Å². The van der Waals surface area contributed by atoms with Gasteiger partial charge in [-0.25, -0.2) is 9.37 Å². The fourth-order valence-corrected chi connectivity index (χ4v) is 2.48. The van der Waals surface area contributed by atoms with E-state index in [-0.39, 0.29) is 10.0 Å². The minimum atomic E-state index is -0.601. The number of aryl methyl sites for hydroxylation is 1. The fourth-order valence-electron chi connectivity index (χ4n) is 2.00. The summed E-state index contributed by atoms with van der Waals surface area (Å²) >= 11 is 11.6. The van der Waals surface area contributed by atoms with Crippen molar-refractivity contribution in [1.82, 2.24) is 9.55 Å². The minimum absolute atomic E-state index is 0.00347. The van der Waals surface area contributed by atoms with Gasteiger partial charge in [0.05, 0.1) is 15.7 Å². The Bertz CT molecular complexity index is 612. The minimum Gasteiger partial charge on any atom is -0.325 e. The highest BCUT2D eigenvalue weighted by atomic mass is 35.5. The van der Waals surface area contributed by atoms with E-state index >= 15 is 0 Å². The summed E-state index contributed by atoms with van der Waals surface area (Å²) in [6.45, 7) is 1.94. The van der Waals surface area contributed by atoms with Crippen LogP contribution in [0.15, 0.2) is 18.3 Å². The fraction of sp³-hybridized carbons (Fsp3) is 0.308. The quantitative estimate of drug-likeness (QED) is 0.831. The number of imidazole rings is 1. The molecule has 1 N–H and O–H groups in total. The maximum absolute atomic E-state index is 13.4. The SMILES string of the molecule is Cc1cn(C2CC2)c(Nc2cc(Cl)c(F)c(Cl)c2)n1. The van der Waals surface area contributed by atoms with Crippen molar-refractivity contribution in [2.45, 2.75) is 25.8 Å². The third-order valence-electron chi connectivity index (χ3n) is 3.03. The monoisotopic (exact) mass is 299 g/mol. The molecule has 0 unspecified atom stereocenters. The molecule has 0 aliphatic heterocycles. The summed E-state index contributed by atoms with van der Waals surface area (Å²) in [5, 5.41) is 3.13. The number of benzene rings is 1. The molecule has 6 heteroatoms. The average Bonchev–Trinajstić information content (AvgIpc) is 3.11. The van der Waals surface area contributed by atoms with Crippen molar-refractivity contribution in [3.8, 4) is 0 Å². The topological polar surface area (TPSA) is 29.9 Å². The normalized spacial score (nSPS) is 14.7. The molecule has 1 aliphatic carbocycles. The smallest absolute Gasteiger partial charge is 0.207 e. The van der Waals surface area contributed by atoms with E-state index in [0.717, 1.165) is 24.5 Å². The number of hydrogen-bond acceptors (Lipinski definition) is 2. The van der Waals surface area contributed by atoms with Crippen LogP contribution in [0.4, 0.5) is 16.0 Å². The molecule has 1 aliphatic rings. The summed E-state index contributed by atoms with van der Waals surface area (Å²) in [4.78, 5) is 4.42. The summed E-state index contributed by atoms with van der Waals surface area (Å²) in [7, 11) is 0. The van der Waals surface area contributed by atoms with E-state index in [0.29, 0.717) is 11.7 Å². The first-order valence-corrected chi connectivity index (χ1v) is 6.77. The molecule has 0 atom stereocenters. The van der Waals surface area contributed by atoms with Gasteiger partial charge in [-0.3, -0.25) is 0 Å². The Kier molecular flexibility index (Phi) is 3.15. The molecule has 0 amide bonds. The summed E-state index contributed by atoms with van der Waals surface area (Å²) < 4.78 is 15.5. The molecule has 2 aromatic rings. The van der Waals surface area contributed by atoms with Gasteiger partial charge in [0.2, 0.25) is 5.95 Å². The van der Waals surface area contributed by atoms with Crippen LogP contribution in [0.25, 0.3) is 0 Å². The molecule has 3 nitrogen and oxygen atoms in total. The third kappa shape index (κ3) is 2.55. The number of halogens is 3. The van der Waals surface area contributed by atoms with E-state index in [1.165, 1.54) is 12.1 Å². The Morgan fingerprint density at radius 1 is 1.32 bits per heavy atom. The Morgan fingerprint density at radius 3 is 2.53 bits per heavy atom. The lowest BCUT2D eigenvalue weighted by Gasteiger charge is -2.10. The number of anilines is 2. The van der Waals surface area contributed by atoms with Gasteiger partial charge in [0.15, 0.2) is 5.82 Å². The Balaban J connectivity index is 1.93. The van der Waals surface area contributed by atoms with Gasteiger partial charge in [0.25, 0.3) is 0 Å². The van der Waals surface area contributed by atoms with Crippen LogP contribution in [0.1, 0.15) is 24.6 Å². The molecule has 1 aromatic heterocycles. The van der Waals surface area contributed by atoms with Crippen molar-refractivity contribution < 1.29 is 4.39 Å². The maximum atomic E-state index is 13.4. The average molecular weight is 300 g/mol. The highest BCUT2D eigenvalue weighted by Crippen LogP contribution is 2.38. The zero-order valence-electron chi connectivity index (χ0n) is 10.3. The molecule has 100 valence electrons. The molecule has 3 rings (SSSR count). The predicted octanol–water partition coefficient (Wildman–Crippen LogP) is 4.72. The largest absolute Gasteiger partial charge is 0.325 e. The lowest BCUT2D eigenvalue weighted by Crippen LogP contribution is -2.01. The van der Waals surface area contributed by atoms with Gasteiger partial charge in [-0.2, -0.15) is 0 Å². The lowest BCUT2D eigenvalue weighted by atomic mass is 10.3. The Morgan fingerprint density at radius 2 is 1.95 bits per heavy atom. The van der Waals surface area contributed by atoms with Gasteiger partial charge in [-0.1, -0.05) is 23.2 Å². The Hall–Kier alpha value is -1.26. The standard InChI is InChI=1S/C13H12Cl2FN3/c1-7-6-19(9-2-3-9)13(17-7)18-8-4-10(14)12(16)11(15)5-8/h4-6,9H,2-3H2,1H3,(H,17,18). The molecule has 0 bridgehead atoms. The number of aromatic nitrogens is 2. The van der Waals surface area contributed by atoms with E-state index in [1.807, 2.05) is 13.1 Å². The van der Waals surface area contributed by atoms with Gasteiger partial charge in [0.1, 0.15) is 0 Å². The second-order valence-corrected chi connectivity index (χ2v) is 5.54. The molecule has 0 saturated heterocycles. The van der Waals surface area contributed by atoms with Gasteiger partial charge >= 0.3 is 0 Å². The van der Waals surface area contributed by atoms with Gasteiger partial charge in [-0.05, 0) is 31.9 Å². The number of nitrogens with one attached hydrogen (secondary N) is 1. The van der Waals surface area contributed by atoms with Crippen molar-refractivity contribution in [3.05, 3.63) is 39.9 Å². The molecule has 1 heterocycles. The van der Waals surface area contributed by atoms with E-state index < -0.39 is 5.82 Å². The molecule has 1 saturated carbocycles. The van der Waals surface area contributed by atoms with Crippen molar-refractivity contribution in [2.75, 3.05) is 5.32 Å². The van der Waals surface area contributed by atoms with Crippen LogP contribution < -0.4 is 5.32 Å². The molecule has 19 heavy (non-hydrogen) atoms. The summed E-state index contributed by atoms with van der Waals surface area (Å²) in [6, 6.07) is 3.52. The predicted molar refractivity (Wildman–Crippen MR) is 74.9 cm³/mol. The van der Waals surface area contributed by atoms with E-state index in [4.69, 9.17) is 23.2 Å². The van der Waals surface area contributed by atoms with Crippen molar-refractivity contribution >= 4 is 34.8 Å². The highest BCUT2D eigenvalue weighted by molar-refractivity contribution is 6.35. The van der Waals surface area contributed by atoms with Crippen LogP contribution in [0.5, 0.6) is 0 Å². The summed E-state index contributed by atoms with van der Waals surface area (Å²) in [5.41, 5.74) is 1.57. The van der Waals surface area contributed by atoms with E-state index in [2.05, 4.69) is 14.9 Å². The van der Waals surface area contributed by atoms with Crippen LogP contribution in [0.2, 0.25) is 10.0 Å². The zero-order valence-corrected chi connectivity index (χ0v) is 11.8. The number of rotatable bonds is 3. The molecular weight excluding hydrogens is 288 g/mol. The summed E-state index contributed by atoms with van der Waals surface area (Å²) in [5.74, 6) is 0.134. The highest BCUT2D eigenvalue weighted by Gasteiger charge is 2.26. The molecule has 1 aromatic carbocycles. The van der Waals surface area contributed by atoms with Gasteiger partial charge < -0.3 is 9.88 Å². The molecular formula is C13H12Cl2FN3. The van der Waals surface area contributed by atoms with Gasteiger partial charge in [0, 0.05) is 17.9 Å². The number of nitrogens with zero attached hydrogens (tertiary/aromatic N) is 2. The molecule has 0 radical (unpaired) electrons. The first kappa shape index (κ1) is 12.8. The Labute approximate surface area is 120 Å². The van der Waals surface area contributed by atoms with Crippen LogP contribution in [0.3, 0.4) is 0 Å². The van der Waals surface area contributed by atoms with E-state index in [1.54, 1.807) is 0 Å². The maximum Gasteiger partial charge on any atom is 0.207 e. The first-order valence-electron chi connectivity index (χ1n) is 6.01. The second-order valence-electron chi connectivity index (χ2n) is 4.72. The van der Waals surface area contributed by atoms with Crippen LogP contribution in [-0.2, 0) is 0 Å². The van der Waals surface area contributed by atoms with Crippen LogP contribution >= 0.6 is 23.2 Å². The second kappa shape index (κ2) is 4.69. The molecule has 0 spiro atoms. The summed E-state index contributed by atoms with van der Waals surface area (Å²) in [6.07, 6.45) is 4.33. The lowest BCUT2D eigenvalue weighted by molar-refractivity contribution is 0.629. The zero-order chi connectivity index (χ0) is 13.6. The molecule has 1 fully saturated rings. The van der Waals surface area contributed by atoms with Crippen molar-refractivity contribution in [1.29, 1.82) is 0 Å². The van der Waals surface area contributed by atoms with Crippen molar-refractivity contribution in [2.24, 2.45) is 0 Å². The van der Waals surface area contributed by atoms with Gasteiger partial charge in [-0.15, -0.1) is 0 Å².